The van der Waals surface area contributed by atoms with Gasteiger partial charge in [-0.15, -0.1) is 0 Å². The molecule has 1 fully saturated rings. The maximum atomic E-state index is 11.8. The third kappa shape index (κ3) is 2.62. The van der Waals surface area contributed by atoms with Gasteiger partial charge < -0.3 is 16.8 Å². The van der Waals surface area contributed by atoms with Crippen LogP contribution in [-0.2, 0) is 0 Å². The molecule has 0 aliphatic heterocycles. The predicted octanol–water partition coefficient (Wildman–Crippen LogP) is 0.00500. The van der Waals surface area contributed by atoms with Crippen molar-refractivity contribution in [2.45, 2.75) is 24.9 Å². The van der Waals surface area contributed by atoms with E-state index in [1.165, 1.54) is 6.07 Å². The summed E-state index contributed by atoms with van der Waals surface area (Å²) in [5, 5.41) is 2.86. The van der Waals surface area contributed by atoms with E-state index in [1.54, 1.807) is 18.2 Å². The van der Waals surface area contributed by atoms with Crippen molar-refractivity contribution in [1.29, 1.82) is 0 Å². The highest BCUT2D eigenvalue weighted by Crippen LogP contribution is 2.18. The molecule has 1 saturated carbocycles. The number of hydrogen-bond donors (Lipinski definition) is 3. The first-order valence-electron chi connectivity index (χ1n) is 5.52. The molecule has 0 radical (unpaired) electrons. The molecule has 0 unspecified atom stereocenters. The van der Waals surface area contributed by atoms with E-state index in [1.807, 2.05) is 0 Å². The van der Waals surface area contributed by atoms with Gasteiger partial charge in [0.2, 0.25) is 5.91 Å². The van der Waals surface area contributed by atoms with Crippen molar-refractivity contribution in [2.24, 2.45) is 11.5 Å². The molecule has 2 amide bonds. The third-order valence-electron chi connectivity index (χ3n) is 2.92. The first kappa shape index (κ1) is 11.6. The van der Waals surface area contributed by atoms with Crippen LogP contribution in [0.25, 0.3) is 0 Å². The Labute approximate surface area is 99.2 Å². The molecule has 0 spiro atoms. The maximum Gasteiger partial charge on any atom is 0.251 e. The molecule has 5 heteroatoms. The summed E-state index contributed by atoms with van der Waals surface area (Å²) in [7, 11) is 0. The highest BCUT2D eigenvalue weighted by molar-refractivity contribution is 5.99. The van der Waals surface area contributed by atoms with Crippen molar-refractivity contribution in [2.75, 3.05) is 0 Å². The summed E-state index contributed by atoms with van der Waals surface area (Å²) in [5.41, 5.74) is 11.6. The van der Waals surface area contributed by atoms with E-state index in [0.717, 1.165) is 12.8 Å². The number of hydrogen-bond acceptors (Lipinski definition) is 3. The summed E-state index contributed by atoms with van der Waals surface area (Å²) in [6.07, 6.45) is 1.61. The second-order valence-corrected chi connectivity index (χ2v) is 4.35. The fourth-order valence-corrected chi connectivity index (χ4v) is 1.86. The van der Waals surface area contributed by atoms with Gasteiger partial charge in [0.25, 0.3) is 5.91 Å². The molecule has 17 heavy (non-hydrogen) atoms. The standard InChI is InChI=1S/C12H15N3O2/c13-9-5-10(6-9)15-12(17)8-3-1-2-7(4-8)11(14)16/h1-4,9-10H,5-6,13H2,(H2,14,16)(H,15,17). The van der Waals surface area contributed by atoms with Crippen LogP contribution in [-0.4, -0.2) is 23.9 Å². The second-order valence-electron chi connectivity index (χ2n) is 4.35. The molecule has 0 atom stereocenters. The van der Waals surface area contributed by atoms with Crippen LogP contribution in [0.1, 0.15) is 33.6 Å². The molecule has 1 aliphatic rings. The van der Waals surface area contributed by atoms with Gasteiger partial charge in [0.1, 0.15) is 0 Å². The lowest BCUT2D eigenvalue weighted by molar-refractivity contribution is 0.0910. The van der Waals surface area contributed by atoms with E-state index in [2.05, 4.69) is 5.32 Å². The molecule has 0 heterocycles. The number of rotatable bonds is 3. The Morgan fingerprint density at radius 1 is 1.24 bits per heavy atom. The first-order chi connectivity index (χ1) is 8.06. The van der Waals surface area contributed by atoms with Crippen LogP contribution in [0.5, 0.6) is 0 Å². The average molecular weight is 233 g/mol. The Bertz CT molecular complexity index is 453. The Hall–Kier alpha value is -1.88. The van der Waals surface area contributed by atoms with Gasteiger partial charge in [-0.1, -0.05) is 6.07 Å². The van der Waals surface area contributed by atoms with Crippen LogP contribution in [0, 0.1) is 0 Å². The van der Waals surface area contributed by atoms with Gasteiger partial charge in [0, 0.05) is 23.2 Å². The van der Waals surface area contributed by atoms with Gasteiger partial charge >= 0.3 is 0 Å². The Morgan fingerprint density at radius 2 is 1.88 bits per heavy atom. The number of carbonyl (C=O) groups is 2. The molecular weight excluding hydrogens is 218 g/mol. The minimum atomic E-state index is -0.537. The van der Waals surface area contributed by atoms with E-state index in [0.29, 0.717) is 11.1 Å². The van der Waals surface area contributed by atoms with Gasteiger partial charge in [0.15, 0.2) is 0 Å². The lowest BCUT2D eigenvalue weighted by Gasteiger charge is -2.32. The van der Waals surface area contributed by atoms with Gasteiger partial charge in [-0.25, -0.2) is 0 Å². The summed E-state index contributed by atoms with van der Waals surface area (Å²) in [6, 6.07) is 6.71. The Balaban J connectivity index is 2.03. The molecule has 0 aromatic heterocycles. The van der Waals surface area contributed by atoms with Gasteiger partial charge in [-0.2, -0.15) is 0 Å². The molecule has 1 aliphatic carbocycles. The van der Waals surface area contributed by atoms with Crippen molar-refractivity contribution in [3.05, 3.63) is 35.4 Å². The third-order valence-corrected chi connectivity index (χ3v) is 2.92. The van der Waals surface area contributed by atoms with Crippen molar-refractivity contribution < 1.29 is 9.59 Å². The summed E-state index contributed by atoms with van der Waals surface area (Å²) in [5.74, 6) is -0.727. The zero-order valence-electron chi connectivity index (χ0n) is 9.35. The summed E-state index contributed by atoms with van der Waals surface area (Å²) >= 11 is 0. The normalized spacial score (nSPS) is 22.6. The van der Waals surface area contributed by atoms with E-state index < -0.39 is 5.91 Å². The molecule has 0 bridgehead atoms. The molecule has 5 N–H and O–H groups in total. The largest absolute Gasteiger partial charge is 0.366 e. The van der Waals surface area contributed by atoms with E-state index >= 15 is 0 Å². The minimum Gasteiger partial charge on any atom is -0.366 e. The second kappa shape index (κ2) is 4.55. The maximum absolute atomic E-state index is 11.8. The van der Waals surface area contributed by atoms with Crippen molar-refractivity contribution in [3.63, 3.8) is 0 Å². The van der Waals surface area contributed by atoms with Crippen LogP contribution >= 0.6 is 0 Å². The number of nitrogens with one attached hydrogen (secondary N) is 1. The van der Waals surface area contributed by atoms with Crippen LogP contribution in [0.4, 0.5) is 0 Å². The number of carbonyl (C=O) groups excluding carboxylic acids is 2. The fourth-order valence-electron chi connectivity index (χ4n) is 1.86. The number of amides is 2. The van der Waals surface area contributed by atoms with Crippen molar-refractivity contribution in [1.82, 2.24) is 5.32 Å². The van der Waals surface area contributed by atoms with Crippen LogP contribution in [0.15, 0.2) is 24.3 Å². The smallest absolute Gasteiger partial charge is 0.251 e. The summed E-state index contributed by atoms with van der Waals surface area (Å²) < 4.78 is 0. The molecule has 2 rings (SSSR count). The zero-order chi connectivity index (χ0) is 12.4. The molecule has 0 saturated heterocycles. The van der Waals surface area contributed by atoms with Gasteiger partial charge in [-0.05, 0) is 31.0 Å². The fraction of sp³-hybridized carbons (Fsp3) is 0.333. The molecular formula is C12H15N3O2. The number of primary amides is 1. The van der Waals surface area contributed by atoms with E-state index in [9.17, 15) is 9.59 Å². The van der Waals surface area contributed by atoms with Gasteiger partial charge in [-0.3, -0.25) is 9.59 Å². The number of nitrogens with two attached hydrogens (primary N) is 2. The number of benzene rings is 1. The molecule has 5 nitrogen and oxygen atoms in total. The predicted molar refractivity (Wildman–Crippen MR) is 63.4 cm³/mol. The van der Waals surface area contributed by atoms with E-state index in [-0.39, 0.29) is 18.0 Å². The Morgan fingerprint density at radius 3 is 2.47 bits per heavy atom. The highest BCUT2D eigenvalue weighted by atomic mass is 16.2. The highest BCUT2D eigenvalue weighted by Gasteiger charge is 2.27. The topological polar surface area (TPSA) is 98.2 Å². The first-order valence-corrected chi connectivity index (χ1v) is 5.52. The average Bonchev–Trinajstić information content (AvgIpc) is 2.27. The minimum absolute atomic E-state index is 0.148. The van der Waals surface area contributed by atoms with Gasteiger partial charge in [0.05, 0.1) is 0 Å². The Kier molecular flexibility index (Phi) is 3.10. The van der Waals surface area contributed by atoms with Crippen molar-refractivity contribution >= 4 is 11.8 Å². The van der Waals surface area contributed by atoms with E-state index in [4.69, 9.17) is 11.5 Å². The van der Waals surface area contributed by atoms with Crippen LogP contribution in [0.3, 0.4) is 0 Å². The van der Waals surface area contributed by atoms with Crippen LogP contribution in [0.2, 0.25) is 0 Å². The lowest BCUT2D eigenvalue weighted by atomic mass is 9.87. The van der Waals surface area contributed by atoms with Crippen LogP contribution < -0.4 is 16.8 Å². The SMILES string of the molecule is NC(=O)c1cccc(C(=O)NC2CC(N)C2)c1. The zero-order valence-corrected chi connectivity index (χ0v) is 9.35. The molecule has 90 valence electrons. The molecule has 1 aromatic carbocycles. The summed E-state index contributed by atoms with van der Waals surface area (Å²) in [4.78, 5) is 22.8. The quantitative estimate of drug-likeness (QED) is 0.685. The lowest BCUT2D eigenvalue weighted by Crippen LogP contribution is -2.50. The monoisotopic (exact) mass is 233 g/mol. The van der Waals surface area contributed by atoms with Crippen molar-refractivity contribution in [3.8, 4) is 0 Å². The molecule has 1 aromatic rings. The summed E-state index contributed by atoms with van der Waals surface area (Å²) in [6.45, 7) is 0.